The van der Waals surface area contributed by atoms with E-state index in [0.29, 0.717) is 43.5 Å². The number of nitrogens with one attached hydrogen (secondary N) is 3. The number of hydrazine groups is 1. The average molecular weight is 317 g/mol. The fraction of sp³-hybridized carbons (Fsp3) is 0.611. The van der Waals surface area contributed by atoms with Crippen molar-refractivity contribution in [3.8, 4) is 5.75 Å². The minimum atomic E-state index is 0.148. The smallest absolute Gasteiger partial charge is 0.220 e. The third kappa shape index (κ3) is 4.03. The minimum absolute atomic E-state index is 0.148. The lowest BCUT2D eigenvalue weighted by Crippen LogP contribution is -2.35. The van der Waals surface area contributed by atoms with E-state index in [-0.39, 0.29) is 5.91 Å². The summed E-state index contributed by atoms with van der Waals surface area (Å²) in [4.78, 5) is 12.1. The summed E-state index contributed by atoms with van der Waals surface area (Å²) in [6, 6.07) is 8.98. The quantitative estimate of drug-likeness (QED) is 0.772. The Labute approximate surface area is 138 Å². The van der Waals surface area contributed by atoms with Crippen LogP contribution in [0.5, 0.6) is 5.75 Å². The van der Waals surface area contributed by atoms with Crippen LogP contribution >= 0.6 is 0 Å². The van der Waals surface area contributed by atoms with Gasteiger partial charge in [-0.15, -0.1) is 0 Å². The molecule has 3 unspecified atom stereocenters. The van der Waals surface area contributed by atoms with Crippen molar-refractivity contribution in [2.75, 3.05) is 13.2 Å². The summed E-state index contributed by atoms with van der Waals surface area (Å²) in [6.07, 6.45) is 2.48. The van der Waals surface area contributed by atoms with Gasteiger partial charge in [0, 0.05) is 31.0 Å². The molecule has 0 aliphatic carbocycles. The predicted molar refractivity (Wildman–Crippen MR) is 90.1 cm³/mol. The molecule has 3 rings (SSSR count). The number of hydrogen-bond acceptors (Lipinski definition) is 4. The Kier molecular flexibility index (Phi) is 5.18. The van der Waals surface area contributed by atoms with Crippen molar-refractivity contribution in [1.82, 2.24) is 16.2 Å². The second-order valence-corrected chi connectivity index (χ2v) is 6.86. The average Bonchev–Trinajstić information content (AvgIpc) is 2.89. The molecule has 1 aromatic rings. The maximum atomic E-state index is 12.1. The zero-order valence-corrected chi connectivity index (χ0v) is 14.0. The first-order valence-electron chi connectivity index (χ1n) is 8.62. The van der Waals surface area contributed by atoms with Gasteiger partial charge in [0.25, 0.3) is 0 Å². The zero-order valence-electron chi connectivity index (χ0n) is 14.0. The van der Waals surface area contributed by atoms with Crippen LogP contribution in [0.15, 0.2) is 24.3 Å². The summed E-state index contributed by atoms with van der Waals surface area (Å²) in [7, 11) is 0. The summed E-state index contributed by atoms with van der Waals surface area (Å²) < 4.78 is 5.77. The Bertz CT molecular complexity index is 539. The van der Waals surface area contributed by atoms with Crippen LogP contribution in [0.4, 0.5) is 0 Å². The number of para-hydroxylation sites is 1. The van der Waals surface area contributed by atoms with E-state index < -0.39 is 0 Å². The summed E-state index contributed by atoms with van der Waals surface area (Å²) in [5.74, 6) is 2.00. The molecule has 2 heterocycles. The number of hydrogen-bond donors (Lipinski definition) is 3. The molecule has 0 aromatic heterocycles. The summed E-state index contributed by atoms with van der Waals surface area (Å²) >= 11 is 0. The number of rotatable bonds is 5. The normalized spacial score (nSPS) is 29.7. The lowest BCUT2D eigenvalue weighted by Gasteiger charge is -2.25. The van der Waals surface area contributed by atoms with Crippen molar-refractivity contribution in [2.45, 2.75) is 45.2 Å². The van der Waals surface area contributed by atoms with Gasteiger partial charge in [-0.1, -0.05) is 18.2 Å². The lowest BCUT2D eigenvalue weighted by atomic mass is 9.91. The van der Waals surface area contributed by atoms with Gasteiger partial charge in [0.15, 0.2) is 0 Å². The predicted octanol–water partition coefficient (Wildman–Crippen LogP) is 1.64. The molecular formula is C18H27N3O2. The third-order valence-electron chi connectivity index (χ3n) is 5.07. The molecule has 0 saturated carbocycles. The van der Waals surface area contributed by atoms with Gasteiger partial charge in [-0.2, -0.15) is 0 Å². The number of benzene rings is 1. The second-order valence-electron chi connectivity index (χ2n) is 6.86. The van der Waals surface area contributed by atoms with Crippen molar-refractivity contribution in [3.63, 3.8) is 0 Å². The van der Waals surface area contributed by atoms with Crippen molar-refractivity contribution in [1.29, 1.82) is 0 Å². The zero-order chi connectivity index (χ0) is 16.2. The van der Waals surface area contributed by atoms with Gasteiger partial charge < -0.3 is 10.1 Å². The van der Waals surface area contributed by atoms with Crippen LogP contribution in [-0.2, 0) is 11.2 Å². The Balaban J connectivity index is 1.40. The summed E-state index contributed by atoms with van der Waals surface area (Å²) in [5, 5.41) is 3.08. The van der Waals surface area contributed by atoms with Gasteiger partial charge in [-0.05, 0) is 44.2 Å². The molecule has 126 valence electrons. The van der Waals surface area contributed by atoms with Gasteiger partial charge in [0.2, 0.25) is 5.91 Å². The number of carbonyl (C=O) groups excluding carboxylic acids is 1. The van der Waals surface area contributed by atoms with Gasteiger partial charge >= 0.3 is 0 Å². The van der Waals surface area contributed by atoms with Gasteiger partial charge in [0.05, 0.1) is 6.61 Å². The SMILES string of the molecule is CC1NNC(C)C1CCC(=O)NCC1COc2ccccc2C1. The molecule has 3 N–H and O–H groups in total. The number of carbonyl (C=O) groups is 1. The van der Waals surface area contributed by atoms with E-state index in [1.54, 1.807) is 0 Å². The molecule has 23 heavy (non-hydrogen) atoms. The molecule has 3 atom stereocenters. The van der Waals surface area contributed by atoms with Crippen LogP contribution in [0, 0.1) is 11.8 Å². The topological polar surface area (TPSA) is 62.4 Å². The minimum Gasteiger partial charge on any atom is -0.493 e. The van der Waals surface area contributed by atoms with Crippen molar-refractivity contribution in [2.24, 2.45) is 11.8 Å². The number of ether oxygens (including phenoxy) is 1. The molecule has 1 amide bonds. The highest BCUT2D eigenvalue weighted by Gasteiger charge is 2.29. The molecular weight excluding hydrogens is 290 g/mol. The van der Waals surface area contributed by atoms with Crippen molar-refractivity contribution < 1.29 is 9.53 Å². The molecule has 0 spiro atoms. The molecule has 1 saturated heterocycles. The molecule has 2 aliphatic heterocycles. The first-order valence-corrected chi connectivity index (χ1v) is 8.62. The Hall–Kier alpha value is -1.59. The van der Waals surface area contributed by atoms with Crippen molar-refractivity contribution >= 4 is 5.91 Å². The highest BCUT2D eigenvalue weighted by molar-refractivity contribution is 5.75. The molecule has 0 radical (unpaired) electrons. The molecule has 5 nitrogen and oxygen atoms in total. The second kappa shape index (κ2) is 7.32. The van der Waals surface area contributed by atoms with Crippen LogP contribution in [0.25, 0.3) is 0 Å². The van der Waals surface area contributed by atoms with E-state index in [2.05, 4.69) is 36.1 Å². The third-order valence-corrected chi connectivity index (χ3v) is 5.07. The maximum absolute atomic E-state index is 12.1. The van der Waals surface area contributed by atoms with Crippen LogP contribution in [0.2, 0.25) is 0 Å². The van der Waals surface area contributed by atoms with Crippen molar-refractivity contribution in [3.05, 3.63) is 29.8 Å². The van der Waals surface area contributed by atoms with E-state index in [1.807, 2.05) is 18.2 Å². The van der Waals surface area contributed by atoms with Gasteiger partial charge in [-0.25, -0.2) is 0 Å². The summed E-state index contributed by atoms with van der Waals surface area (Å²) in [6.45, 7) is 5.70. The van der Waals surface area contributed by atoms with E-state index in [0.717, 1.165) is 18.6 Å². The highest BCUT2D eigenvalue weighted by atomic mass is 16.5. The Morgan fingerprint density at radius 2 is 2.00 bits per heavy atom. The number of fused-ring (bicyclic) bond motifs is 1. The first kappa shape index (κ1) is 16.3. The highest BCUT2D eigenvalue weighted by Crippen LogP contribution is 2.26. The molecule has 1 aromatic carbocycles. The van der Waals surface area contributed by atoms with E-state index in [9.17, 15) is 4.79 Å². The largest absolute Gasteiger partial charge is 0.493 e. The fourth-order valence-electron chi connectivity index (χ4n) is 3.58. The Morgan fingerprint density at radius 3 is 2.78 bits per heavy atom. The Morgan fingerprint density at radius 1 is 1.26 bits per heavy atom. The van der Waals surface area contributed by atoms with Crippen LogP contribution in [-0.4, -0.2) is 31.1 Å². The van der Waals surface area contributed by atoms with E-state index in [4.69, 9.17) is 4.74 Å². The van der Waals surface area contributed by atoms with Gasteiger partial charge in [0.1, 0.15) is 5.75 Å². The van der Waals surface area contributed by atoms with Gasteiger partial charge in [-0.3, -0.25) is 15.6 Å². The molecule has 5 heteroatoms. The molecule has 0 bridgehead atoms. The van der Waals surface area contributed by atoms with Crippen LogP contribution < -0.4 is 20.9 Å². The molecule has 2 aliphatic rings. The first-order chi connectivity index (χ1) is 11.1. The fourth-order valence-corrected chi connectivity index (χ4v) is 3.58. The van der Waals surface area contributed by atoms with Crippen LogP contribution in [0.3, 0.4) is 0 Å². The monoisotopic (exact) mass is 317 g/mol. The van der Waals surface area contributed by atoms with E-state index >= 15 is 0 Å². The van der Waals surface area contributed by atoms with Crippen LogP contribution in [0.1, 0.15) is 32.3 Å². The maximum Gasteiger partial charge on any atom is 0.220 e. The lowest BCUT2D eigenvalue weighted by molar-refractivity contribution is -0.121. The number of amides is 1. The summed E-state index contributed by atoms with van der Waals surface area (Å²) in [5.41, 5.74) is 7.72. The standard InChI is InChI=1S/C18H27N3O2/c1-12-16(13(2)21-20-12)7-8-18(22)19-10-14-9-15-5-3-4-6-17(15)23-11-14/h3-6,12-14,16,20-21H,7-11H2,1-2H3,(H,19,22). The molecule has 1 fully saturated rings. The van der Waals surface area contributed by atoms with E-state index in [1.165, 1.54) is 5.56 Å².